The summed E-state index contributed by atoms with van der Waals surface area (Å²) >= 11 is 0. The Morgan fingerprint density at radius 1 is 1.18 bits per heavy atom. The van der Waals surface area contributed by atoms with Gasteiger partial charge in [0.15, 0.2) is 6.61 Å². The molecule has 1 aromatic heterocycles. The molecule has 22 heavy (non-hydrogen) atoms. The fraction of sp³-hybridized carbons (Fsp3) is 0.133. The minimum absolute atomic E-state index is 0.155. The van der Waals surface area contributed by atoms with Crippen molar-refractivity contribution in [1.29, 1.82) is 0 Å². The number of carbonyl (C=O) groups excluding carboxylic acids is 1. The Bertz CT molecular complexity index is 800. The molecule has 1 amide bonds. The Balaban J connectivity index is 1.68. The zero-order valence-electron chi connectivity index (χ0n) is 11.7. The molecule has 0 atom stereocenters. The number of aromatic nitrogens is 3. The van der Waals surface area contributed by atoms with Crippen LogP contribution in [0.2, 0.25) is 0 Å². The van der Waals surface area contributed by atoms with Gasteiger partial charge in [-0.25, -0.2) is 0 Å². The average Bonchev–Trinajstić information content (AvgIpc) is 2.95. The second-order valence-corrected chi connectivity index (χ2v) is 4.63. The summed E-state index contributed by atoms with van der Waals surface area (Å²) in [4.78, 5) is 17.7. The first kappa shape index (κ1) is 13.9. The Hall–Kier alpha value is -3.09. The molecule has 3 aromatic rings. The maximum Gasteiger partial charge on any atom is 0.255 e. The predicted molar refractivity (Wildman–Crippen MR) is 78.9 cm³/mol. The van der Waals surface area contributed by atoms with E-state index in [-0.39, 0.29) is 6.61 Å². The topological polar surface area (TPSA) is 92.3 Å². The van der Waals surface area contributed by atoms with Gasteiger partial charge in [-0.1, -0.05) is 29.1 Å². The molecular weight excluding hydrogens is 284 g/mol. The molecule has 112 valence electrons. The molecule has 7 nitrogen and oxygen atoms in total. The largest absolute Gasteiger partial charge is 0.484 e. The zero-order valence-corrected chi connectivity index (χ0v) is 11.7. The summed E-state index contributed by atoms with van der Waals surface area (Å²) in [6.07, 6.45) is 0. The summed E-state index contributed by atoms with van der Waals surface area (Å²) in [7, 11) is 0. The van der Waals surface area contributed by atoms with Crippen molar-refractivity contribution in [3.8, 4) is 5.75 Å². The fourth-order valence-corrected chi connectivity index (χ4v) is 1.96. The fourth-order valence-electron chi connectivity index (χ4n) is 1.96. The lowest BCUT2D eigenvalue weighted by Crippen LogP contribution is -2.20. The van der Waals surface area contributed by atoms with Crippen LogP contribution in [-0.2, 0) is 11.4 Å². The standard InChI is InChI=1S/C15H14N4O3/c16-15(20)10-21-12-5-3-4-11(8-12)9-22-19-14-7-2-1-6-13(14)17-18-19/h1-8H,9-10H2,(H2,16,20). The van der Waals surface area contributed by atoms with Crippen LogP contribution in [0.25, 0.3) is 11.0 Å². The smallest absolute Gasteiger partial charge is 0.255 e. The maximum absolute atomic E-state index is 10.7. The van der Waals surface area contributed by atoms with Crippen molar-refractivity contribution in [1.82, 2.24) is 15.2 Å². The third-order valence-electron chi connectivity index (χ3n) is 2.95. The van der Waals surface area contributed by atoms with Crippen LogP contribution in [-0.4, -0.2) is 27.7 Å². The van der Waals surface area contributed by atoms with Gasteiger partial charge in [-0.2, -0.15) is 0 Å². The highest BCUT2D eigenvalue weighted by molar-refractivity contribution is 5.75. The Kier molecular flexibility index (Phi) is 3.86. The molecule has 0 aliphatic heterocycles. The molecule has 0 unspecified atom stereocenters. The van der Waals surface area contributed by atoms with Gasteiger partial charge in [-0.05, 0) is 35.0 Å². The molecule has 0 radical (unpaired) electrons. The summed E-state index contributed by atoms with van der Waals surface area (Å²) in [5.74, 6) is 0.0408. The van der Waals surface area contributed by atoms with Crippen LogP contribution in [0, 0.1) is 0 Å². The van der Waals surface area contributed by atoms with Gasteiger partial charge in [-0.3, -0.25) is 4.79 Å². The maximum atomic E-state index is 10.7. The van der Waals surface area contributed by atoms with Gasteiger partial charge in [0.25, 0.3) is 5.91 Å². The van der Waals surface area contributed by atoms with E-state index in [2.05, 4.69) is 10.3 Å². The SMILES string of the molecule is NC(=O)COc1cccc(COn2nnc3ccccc32)c1. The normalized spacial score (nSPS) is 10.5. The number of para-hydroxylation sites is 1. The van der Waals surface area contributed by atoms with Crippen LogP contribution in [0.3, 0.4) is 0 Å². The van der Waals surface area contributed by atoms with Crippen LogP contribution in [0.5, 0.6) is 5.75 Å². The van der Waals surface area contributed by atoms with Crippen molar-refractivity contribution in [3.63, 3.8) is 0 Å². The van der Waals surface area contributed by atoms with Gasteiger partial charge < -0.3 is 15.3 Å². The number of primary amides is 1. The molecule has 0 saturated heterocycles. The average molecular weight is 298 g/mol. The van der Waals surface area contributed by atoms with Crippen molar-refractivity contribution < 1.29 is 14.4 Å². The van der Waals surface area contributed by atoms with Gasteiger partial charge >= 0.3 is 0 Å². The third kappa shape index (κ3) is 3.14. The number of fused-ring (bicyclic) bond motifs is 1. The molecule has 0 fully saturated rings. The molecule has 0 spiro atoms. The predicted octanol–water partition coefficient (Wildman–Crippen LogP) is 0.924. The number of nitrogens with two attached hydrogens (primary N) is 1. The van der Waals surface area contributed by atoms with Crippen molar-refractivity contribution in [2.45, 2.75) is 6.61 Å². The van der Waals surface area contributed by atoms with Gasteiger partial charge in [0.2, 0.25) is 0 Å². The second kappa shape index (κ2) is 6.13. The summed E-state index contributed by atoms with van der Waals surface area (Å²) in [6.45, 7) is 0.138. The van der Waals surface area contributed by atoms with E-state index in [9.17, 15) is 4.79 Å². The Morgan fingerprint density at radius 2 is 2.05 bits per heavy atom. The zero-order chi connectivity index (χ0) is 15.4. The van der Waals surface area contributed by atoms with Crippen molar-refractivity contribution in [2.75, 3.05) is 6.61 Å². The lowest BCUT2D eigenvalue weighted by Gasteiger charge is -2.08. The molecule has 0 aliphatic rings. The van der Waals surface area contributed by atoms with E-state index in [1.165, 1.54) is 4.85 Å². The highest BCUT2D eigenvalue weighted by Gasteiger charge is 2.05. The first-order valence-corrected chi connectivity index (χ1v) is 6.66. The molecule has 0 bridgehead atoms. The molecule has 0 aliphatic carbocycles. The number of carbonyl (C=O) groups is 1. The van der Waals surface area contributed by atoms with E-state index in [0.29, 0.717) is 12.4 Å². The lowest BCUT2D eigenvalue weighted by molar-refractivity contribution is -0.119. The van der Waals surface area contributed by atoms with Crippen molar-refractivity contribution in [3.05, 3.63) is 54.1 Å². The molecule has 7 heteroatoms. The summed E-state index contributed by atoms with van der Waals surface area (Å²) in [6, 6.07) is 14.7. The molecule has 2 aromatic carbocycles. The van der Waals surface area contributed by atoms with E-state index < -0.39 is 5.91 Å². The molecule has 0 saturated carbocycles. The number of rotatable bonds is 6. The number of nitrogens with zero attached hydrogens (tertiary/aromatic N) is 3. The van der Waals surface area contributed by atoms with Crippen molar-refractivity contribution in [2.24, 2.45) is 5.73 Å². The van der Waals surface area contributed by atoms with Crippen LogP contribution >= 0.6 is 0 Å². The monoisotopic (exact) mass is 298 g/mol. The van der Waals surface area contributed by atoms with Crippen LogP contribution < -0.4 is 15.3 Å². The van der Waals surface area contributed by atoms with Gasteiger partial charge in [0, 0.05) is 0 Å². The Labute approximate surface area is 126 Å². The Morgan fingerprint density at radius 3 is 2.91 bits per heavy atom. The highest BCUT2D eigenvalue weighted by Crippen LogP contribution is 2.14. The number of ether oxygens (including phenoxy) is 1. The summed E-state index contributed by atoms with van der Waals surface area (Å²) < 4.78 is 5.25. The quantitative estimate of drug-likeness (QED) is 0.730. The minimum atomic E-state index is -0.518. The first-order chi connectivity index (χ1) is 10.7. The van der Waals surface area contributed by atoms with Crippen molar-refractivity contribution >= 4 is 16.9 Å². The minimum Gasteiger partial charge on any atom is -0.484 e. The number of hydrogen-bond acceptors (Lipinski definition) is 5. The van der Waals surface area contributed by atoms with Gasteiger partial charge in [-0.15, -0.1) is 5.10 Å². The molecular formula is C15H14N4O3. The molecule has 3 rings (SSSR count). The van der Waals surface area contributed by atoms with E-state index in [1.807, 2.05) is 36.4 Å². The van der Waals surface area contributed by atoms with Crippen LogP contribution in [0.15, 0.2) is 48.5 Å². The highest BCUT2D eigenvalue weighted by atomic mass is 16.7. The van der Waals surface area contributed by atoms with E-state index in [4.69, 9.17) is 15.3 Å². The van der Waals surface area contributed by atoms with E-state index in [1.54, 1.807) is 12.1 Å². The third-order valence-corrected chi connectivity index (χ3v) is 2.95. The van der Waals surface area contributed by atoms with Gasteiger partial charge in [0.1, 0.15) is 23.4 Å². The summed E-state index contributed by atoms with van der Waals surface area (Å²) in [5, 5.41) is 7.95. The first-order valence-electron chi connectivity index (χ1n) is 6.66. The number of hydrogen-bond donors (Lipinski definition) is 1. The summed E-state index contributed by atoms with van der Waals surface area (Å²) in [5.41, 5.74) is 7.48. The van der Waals surface area contributed by atoms with E-state index >= 15 is 0 Å². The van der Waals surface area contributed by atoms with Crippen LogP contribution in [0.1, 0.15) is 5.56 Å². The number of amides is 1. The van der Waals surface area contributed by atoms with Crippen LogP contribution in [0.4, 0.5) is 0 Å². The molecule has 2 N–H and O–H groups in total. The second-order valence-electron chi connectivity index (χ2n) is 4.63. The molecule has 1 heterocycles. The van der Waals surface area contributed by atoms with Gasteiger partial charge in [0.05, 0.1) is 0 Å². The number of benzene rings is 2. The van der Waals surface area contributed by atoms with E-state index in [0.717, 1.165) is 16.6 Å². The lowest BCUT2D eigenvalue weighted by atomic mass is 10.2.